The molecule has 0 unspecified atom stereocenters. The average Bonchev–Trinajstić information content (AvgIpc) is 2.37. The molecular formula is C14H20N2O3. The van der Waals surface area contributed by atoms with Crippen LogP contribution in [0.15, 0.2) is 24.3 Å². The second-order valence-corrected chi connectivity index (χ2v) is 4.65. The van der Waals surface area contributed by atoms with Crippen molar-refractivity contribution in [2.75, 3.05) is 21.2 Å². The van der Waals surface area contributed by atoms with Gasteiger partial charge in [0, 0.05) is 12.1 Å². The van der Waals surface area contributed by atoms with Crippen molar-refractivity contribution < 1.29 is 14.3 Å². The van der Waals surface area contributed by atoms with Crippen LogP contribution in [-0.2, 0) is 16.1 Å². The molecule has 0 bridgehead atoms. The number of hydrogen-bond donors (Lipinski definition) is 1. The van der Waals surface area contributed by atoms with Gasteiger partial charge in [-0.1, -0.05) is 12.1 Å². The van der Waals surface area contributed by atoms with E-state index in [1.807, 2.05) is 26.2 Å². The van der Waals surface area contributed by atoms with E-state index < -0.39 is 12.0 Å². The van der Waals surface area contributed by atoms with Crippen LogP contribution in [0.25, 0.3) is 0 Å². The van der Waals surface area contributed by atoms with E-state index in [-0.39, 0.29) is 5.91 Å². The van der Waals surface area contributed by atoms with Gasteiger partial charge in [-0.25, -0.2) is 4.79 Å². The molecule has 1 rings (SSSR count). The highest BCUT2D eigenvalue weighted by Crippen LogP contribution is 2.06. The minimum absolute atomic E-state index is 0.283. The van der Waals surface area contributed by atoms with Gasteiger partial charge in [-0.2, -0.15) is 0 Å². The summed E-state index contributed by atoms with van der Waals surface area (Å²) < 4.78 is 4.55. The molecule has 19 heavy (non-hydrogen) atoms. The lowest BCUT2D eigenvalue weighted by atomic mass is 10.1. The number of benzene rings is 1. The van der Waals surface area contributed by atoms with Crippen LogP contribution < -0.4 is 5.32 Å². The zero-order valence-corrected chi connectivity index (χ0v) is 11.8. The van der Waals surface area contributed by atoms with Gasteiger partial charge in [0.1, 0.15) is 6.04 Å². The standard InChI is InChI=1S/C14H20N2O3/c1-10(14(18)19-4)15-13(17)12-7-5-11(6-8-12)9-16(2)3/h5-8,10H,9H2,1-4H3,(H,15,17)/t10-/m1/s1. The van der Waals surface area contributed by atoms with Crippen LogP contribution in [0.5, 0.6) is 0 Å². The van der Waals surface area contributed by atoms with Gasteiger partial charge < -0.3 is 15.0 Å². The summed E-state index contributed by atoms with van der Waals surface area (Å²) in [4.78, 5) is 25.1. The highest BCUT2D eigenvalue weighted by molar-refractivity contribution is 5.96. The van der Waals surface area contributed by atoms with Gasteiger partial charge in [-0.05, 0) is 38.7 Å². The lowest BCUT2D eigenvalue weighted by Crippen LogP contribution is -2.39. The summed E-state index contributed by atoms with van der Waals surface area (Å²) in [5.74, 6) is -0.744. The minimum atomic E-state index is -0.654. The second kappa shape index (κ2) is 6.89. The number of ether oxygens (including phenoxy) is 1. The number of carbonyl (C=O) groups excluding carboxylic acids is 2. The Morgan fingerprint density at radius 3 is 2.32 bits per heavy atom. The Kier molecular flexibility index (Phi) is 5.51. The molecule has 5 nitrogen and oxygen atoms in total. The fourth-order valence-electron chi connectivity index (χ4n) is 1.64. The van der Waals surface area contributed by atoms with Crippen LogP contribution in [0.3, 0.4) is 0 Å². The van der Waals surface area contributed by atoms with E-state index in [1.54, 1.807) is 19.1 Å². The fraction of sp³-hybridized carbons (Fsp3) is 0.429. The molecule has 0 saturated carbocycles. The minimum Gasteiger partial charge on any atom is -0.467 e. The number of methoxy groups -OCH3 is 1. The lowest BCUT2D eigenvalue weighted by Gasteiger charge is -2.12. The third-order valence-electron chi connectivity index (χ3n) is 2.62. The third-order valence-corrected chi connectivity index (χ3v) is 2.62. The summed E-state index contributed by atoms with van der Waals surface area (Å²) in [7, 11) is 5.26. The van der Waals surface area contributed by atoms with Crippen LogP contribution >= 0.6 is 0 Å². The van der Waals surface area contributed by atoms with Crippen LogP contribution in [0, 0.1) is 0 Å². The number of carbonyl (C=O) groups is 2. The van der Waals surface area contributed by atoms with Crippen LogP contribution in [0.1, 0.15) is 22.8 Å². The van der Waals surface area contributed by atoms with Crippen molar-refractivity contribution in [3.05, 3.63) is 35.4 Å². The van der Waals surface area contributed by atoms with Crippen molar-refractivity contribution in [3.8, 4) is 0 Å². The Morgan fingerprint density at radius 1 is 1.26 bits per heavy atom. The van der Waals surface area contributed by atoms with E-state index in [0.717, 1.165) is 12.1 Å². The summed E-state index contributed by atoms with van der Waals surface area (Å²) in [5, 5.41) is 2.58. The zero-order valence-electron chi connectivity index (χ0n) is 11.8. The largest absolute Gasteiger partial charge is 0.467 e. The predicted octanol–water partition coefficient (Wildman–Crippen LogP) is 1.04. The molecule has 0 aromatic heterocycles. The highest BCUT2D eigenvalue weighted by atomic mass is 16.5. The maximum absolute atomic E-state index is 11.9. The molecule has 1 N–H and O–H groups in total. The van der Waals surface area contributed by atoms with Crippen LogP contribution in [-0.4, -0.2) is 44.0 Å². The summed E-state index contributed by atoms with van der Waals surface area (Å²) >= 11 is 0. The maximum Gasteiger partial charge on any atom is 0.328 e. The zero-order chi connectivity index (χ0) is 14.4. The predicted molar refractivity (Wildman–Crippen MR) is 72.8 cm³/mol. The van der Waals surface area contributed by atoms with Gasteiger partial charge in [-0.15, -0.1) is 0 Å². The molecule has 0 aliphatic rings. The molecule has 0 heterocycles. The summed E-state index contributed by atoms with van der Waals surface area (Å²) in [5.41, 5.74) is 1.65. The van der Waals surface area contributed by atoms with E-state index in [2.05, 4.69) is 15.0 Å². The first kappa shape index (κ1) is 15.2. The molecule has 0 radical (unpaired) electrons. The maximum atomic E-state index is 11.9. The Morgan fingerprint density at radius 2 is 1.84 bits per heavy atom. The van der Waals surface area contributed by atoms with Gasteiger partial charge in [-0.3, -0.25) is 4.79 Å². The molecule has 1 atom stereocenters. The quantitative estimate of drug-likeness (QED) is 0.807. The van der Waals surface area contributed by atoms with Gasteiger partial charge >= 0.3 is 5.97 Å². The van der Waals surface area contributed by atoms with E-state index in [4.69, 9.17) is 0 Å². The van der Waals surface area contributed by atoms with Crippen molar-refractivity contribution in [3.63, 3.8) is 0 Å². The first-order chi connectivity index (χ1) is 8.93. The van der Waals surface area contributed by atoms with Gasteiger partial charge in [0.15, 0.2) is 0 Å². The van der Waals surface area contributed by atoms with E-state index in [0.29, 0.717) is 5.56 Å². The fourth-order valence-corrected chi connectivity index (χ4v) is 1.64. The van der Waals surface area contributed by atoms with Crippen molar-refractivity contribution in [2.45, 2.75) is 19.5 Å². The van der Waals surface area contributed by atoms with Gasteiger partial charge in [0.05, 0.1) is 7.11 Å². The molecule has 1 amide bonds. The number of nitrogens with one attached hydrogen (secondary N) is 1. The number of amides is 1. The number of rotatable bonds is 5. The number of esters is 1. The lowest BCUT2D eigenvalue weighted by molar-refractivity contribution is -0.142. The molecule has 0 fully saturated rings. The van der Waals surface area contributed by atoms with E-state index in [9.17, 15) is 9.59 Å². The Labute approximate surface area is 113 Å². The summed E-state index contributed by atoms with van der Waals surface area (Å²) in [6.45, 7) is 2.41. The monoisotopic (exact) mass is 264 g/mol. The molecule has 104 valence electrons. The van der Waals surface area contributed by atoms with Gasteiger partial charge in [0.25, 0.3) is 5.91 Å². The molecular weight excluding hydrogens is 244 g/mol. The Bertz CT molecular complexity index is 441. The van der Waals surface area contributed by atoms with Crippen molar-refractivity contribution in [1.82, 2.24) is 10.2 Å². The summed E-state index contributed by atoms with van der Waals surface area (Å²) in [6, 6.07) is 6.64. The van der Waals surface area contributed by atoms with Crippen molar-refractivity contribution >= 4 is 11.9 Å². The SMILES string of the molecule is COC(=O)[C@@H](C)NC(=O)c1ccc(CN(C)C)cc1. The topological polar surface area (TPSA) is 58.6 Å². The Hall–Kier alpha value is -1.88. The number of nitrogens with zero attached hydrogens (tertiary/aromatic N) is 1. The smallest absolute Gasteiger partial charge is 0.328 e. The number of hydrogen-bond acceptors (Lipinski definition) is 4. The van der Waals surface area contributed by atoms with Gasteiger partial charge in [0.2, 0.25) is 0 Å². The molecule has 0 spiro atoms. The molecule has 0 aliphatic carbocycles. The average molecular weight is 264 g/mol. The molecule has 0 saturated heterocycles. The van der Waals surface area contributed by atoms with Crippen molar-refractivity contribution in [1.29, 1.82) is 0 Å². The summed E-state index contributed by atoms with van der Waals surface area (Å²) in [6.07, 6.45) is 0. The molecule has 1 aromatic rings. The third kappa shape index (κ3) is 4.71. The van der Waals surface area contributed by atoms with E-state index in [1.165, 1.54) is 7.11 Å². The first-order valence-corrected chi connectivity index (χ1v) is 6.06. The molecule has 1 aromatic carbocycles. The van der Waals surface area contributed by atoms with E-state index >= 15 is 0 Å². The first-order valence-electron chi connectivity index (χ1n) is 6.06. The molecule has 5 heteroatoms. The molecule has 0 aliphatic heterocycles. The van der Waals surface area contributed by atoms with Crippen molar-refractivity contribution in [2.24, 2.45) is 0 Å². The second-order valence-electron chi connectivity index (χ2n) is 4.65. The normalized spacial score (nSPS) is 12.1. The van der Waals surface area contributed by atoms with Crippen LogP contribution in [0.4, 0.5) is 0 Å². The van der Waals surface area contributed by atoms with Crippen LogP contribution in [0.2, 0.25) is 0 Å². The Balaban J connectivity index is 2.65. The highest BCUT2D eigenvalue weighted by Gasteiger charge is 2.16.